The van der Waals surface area contributed by atoms with Gasteiger partial charge in [0, 0.05) is 9.30 Å². The van der Waals surface area contributed by atoms with Crippen LogP contribution in [0.1, 0.15) is 27.1 Å². The van der Waals surface area contributed by atoms with Gasteiger partial charge >= 0.3 is 0 Å². The highest BCUT2D eigenvalue weighted by molar-refractivity contribution is 9.10. The molecule has 0 bridgehead atoms. The van der Waals surface area contributed by atoms with Crippen molar-refractivity contribution >= 4 is 55.1 Å². The summed E-state index contributed by atoms with van der Waals surface area (Å²) in [6.07, 6.45) is 0.874. The topological polar surface area (TPSA) is 0 Å². The van der Waals surface area contributed by atoms with Crippen LogP contribution in [0.4, 0.5) is 0 Å². The highest BCUT2D eigenvalue weighted by Gasteiger charge is 2.13. The Labute approximate surface area is 146 Å². The molecule has 0 heterocycles. The molecule has 0 spiro atoms. The quantitative estimate of drug-likeness (QED) is 0.452. The van der Waals surface area contributed by atoms with E-state index in [0.29, 0.717) is 10.0 Å². The molecule has 2 rings (SSSR count). The highest BCUT2D eigenvalue weighted by atomic mass is 79.9. The van der Waals surface area contributed by atoms with Gasteiger partial charge < -0.3 is 0 Å². The monoisotopic (exact) mass is 434 g/mol. The summed E-state index contributed by atoms with van der Waals surface area (Å²) >= 11 is 19.4. The predicted octanol–water partition coefficient (Wildman–Crippen LogP) is 7.05. The first-order chi connectivity index (χ1) is 9.38. The van der Waals surface area contributed by atoms with Crippen molar-refractivity contribution < 1.29 is 0 Å². The van der Waals surface area contributed by atoms with Gasteiger partial charge in [0.25, 0.3) is 0 Å². The Kier molecular flexibility index (Phi) is 5.58. The summed E-state index contributed by atoms with van der Waals surface area (Å²) in [6, 6.07) is 10.2. The Hall–Kier alpha value is -0.0200. The van der Waals surface area contributed by atoms with Gasteiger partial charge in [-0.25, -0.2) is 0 Å². The van der Waals surface area contributed by atoms with Crippen molar-refractivity contribution in [2.45, 2.75) is 25.1 Å². The van der Waals surface area contributed by atoms with E-state index < -0.39 is 0 Å². The van der Waals surface area contributed by atoms with Gasteiger partial charge in [0.1, 0.15) is 0 Å². The first kappa shape index (κ1) is 16.4. The number of halogens is 4. The molecular formula is C16H14Br2Cl2. The van der Waals surface area contributed by atoms with Crippen LogP contribution in [0.5, 0.6) is 0 Å². The molecule has 0 aliphatic heterocycles. The molecule has 0 nitrogen and oxygen atoms in total. The molecule has 0 fully saturated rings. The first-order valence-electron chi connectivity index (χ1n) is 6.23. The molecule has 1 atom stereocenters. The van der Waals surface area contributed by atoms with Crippen LogP contribution in [0.2, 0.25) is 10.0 Å². The van der Waals surface area contributed by atoms with E-state index in [1.807, 2.05) is 18.2 Å². The number of rotatable bonds is 3. The van der Waals surface area contributed by atoms with Crippen molar-refractivity contribution in [2.75, 3.05) is 0 Å². The second-order valence-corrected chi connectivity index (χ2v) is 7.65. The molecule has 1 unspecified atom stereocenters. The molecule has 0 N–H and O–H groups in total. The standard InChI is InChI=1S/C16H14Br2Cl2/c1-9-6-13(17)10(2)5-12(9)14(18)7-11-3-4-15(19)16(20)8-11/h3-6,8,14H,7H2,1-2H3. The van der Waals surface area contributed by atoms with Gasteiger partial charge in [0.15, 0.2) is 0 Å². The number of benzene rings is 2. The first-order valence-corrected chi connectivity index (χ1v) is 8.69. The fourth-order valence-electron chi connectivity index (χ4n) is 2.12. The lowest BCUT2D eigenvalue weighted by Gasteiger charge is -2.15. The number of hydrogen-bond acceptors (Lipinski definition) is 0. The van der Waals surface area contributed by atoms with Gasteiger partial charge in [-0.2, -0.15) is 0 Å². The average Bonchev–Trinajstić information content (AvgIpc) is 2.38. The maximum atomic E-state index is 6.07. The van der Waals surface area contributed by atoms with Crippen LogP contribution in [0.15, 0.2) is 34.8 Å². The predicted molar refractivity (Wildman–Crippen MR) is 95.5 cm³/mol. The summed E-state index contributed by atoms with van der Waals surface area (Å²) < 4.78 is 1.15. The van der Waals surface area contributed by atoms with E-state index in [-0.39, 0.29) is 4.83 Å². The molecule has 0 aromatic heterocycles. The van der Waals surface area contributed by atoms with Gasteiger partial charge in [-0.05, 0) is 60.7 Å². The van der Waals surface area contributed by atoms with Crippen LogP contribution < -0.4 is 0 Å². The Balaban J connectivity index is 2.25. The SMILES string of the molecule is Cc1cc(C(Br)Cc2ccc(Cl)c(Cl)c2)c(C)cc1Br. The van der Waals surface area contributed by atoms with E-state index in [1.54, 1.807) is 0 Å². The maximum absolute atomic E-state index is 6.07. The normalized spacial score (nSPS) is 12.5. The molecule has 106 valence electrons. The molecule has 4 heteroatoms. The lowest BCUT2D eigenvalue weighted by molar-refractivity contribution is 0.935. The van der Waals surface area contributed by atoms with Crippen LogP contribution in [-0.2, 0) is 6.42 Å². The van der Waals surface area contributed by atoms with E-state index in [2.05, 4.69) is 57.8 Å². The minimum Gasteiger partial charge on any atom is -0.0835 e. The maximum Gasteiger partial charge on any atom is 0.0595 e. The molecule has 0 aliphatic rings. The van der Waals surface area contributed by atoms with Gasteiger partial charge in [-0.15, -0.1) is 0 Å². The number of aryl methyl sites for hydroxylation is 2. The fourth-order valence-corrected chi connectivity index (χ4v) is 3.77. The second-order valence-electron chi connectivity index (χ2n) is 4.88. The van der Waals surface area contributed by atoms with Gasteiger partial charge in [0.05, 0.1) is 10.0 Å². The van der Waals surface area contributed by atoms with Crippen molar-refractivity contribution in [1.29, 1.82) is 0 Å². The Morgan fingerprint density at radius 1 is 1.00 bits per heavy atom. The molecule has 0 amide bonds. The zero-order valence-electron chi connectivity index (χ0n) is 11.2. The zero-order chi connectivity index (χ0) is 14.9. The van der Waals surface area contributed by atoms with E-state index in [9.17, 15) is 0 Å². The van der Waals surface area contributed by atoms with Gasteiger partial charge in [0.2, 0.25) is 0 Å². The third-order valence-electron chi connectivity index (χ3n) is 3.28. The lowest BCUT2D eigenvalue weighted by Crippen LogP contribution is -1.99. The molecule has 2 aromatic carbocycles. The molecule has 0 radical (unpaired) electrons. The number of alkyl halides is 1. The van der Waals surface area contributed by atoms with Crippen LogP contribution in [0.25, 0.3) is 0 Å². The largest absolute Gasteiger partial charge is 0.0835 e. The van der Waals surface area contributed by atoms with Gasteiger partial charge in [-0.3, -0.25) is 0 Å². The molecule has 20 heavy (non-hydrogen) atoms. The van der Waals surface area contributed by atoms with Crippen molar-refractivity contribution in [3.05, 3.63) is 67.1 Å². The van der Waals surface area contributed by atoms with E-state index in [1.165, 1.54) is 22.3 Å². The van der Waals surface area contributed by atoms with E-state index >= 15 is 0 Å². The Morgan fingerprint density at radius 2 is 1.70 bits per heavy atom. The lowest BCUT2D eigenvalue weighted by atomic mass is 9.98. The van der Waals surface area contributed by atoms with E-state index in [4.69, 9.17) is 23.2 Å². The molecule has 0 saturated carbocycles. The summed E-state index contributed by atoms with van der Waals surface area (Å²) in [4.78, 5) is 0.256. The minimum absolute atomic E-state index is 0.256. The average molecular weight is 437 g/mol. The van der Waals surface area contributed by atoms with Crippen molar-refractivity contribution in [2.24, 2.45) is 0 Å². The zero-order valence-corrected chi connectivity index (χ0v) is 15.9. The van der Waals surface area contributed by atoms with Crippen LogP contribution in [0.3, 0.4) is 0 Å². The van der Waals surface area contributed by atoms with Crippen molar-refractivity contribution in [3.8, 4) is 0 Å². The summed E-state index contributed by atoms with van der Waals surface area (Å²) in [6.45, 7) is 4.23. The smallest absolute Gasteiger partial charge is 0.0595 e. The summed E-state index contributed by atoms with van der Waals surface area (Å²) in [7, 11) is 0. The van der Waals surface area contributed by atoms with Crippen molar-refractivity contribution in [3.63, 3.8) is 0 Å². The van der Waals surface area contributed by atoms with Crippen LogP contribution >= 0.6 is 55.1 Å². The van der Waals surface area contributed by atoms with Crippen LogP contribution in [-0.4, -0.2) is 0 Å². The second kappa shape index (κ2) is 6.83. The third-order valence-corrected chi connectivity index (χ3v) is 5.69. The van der Waals surface area contributed by atoms with E-state index in [0.717, 1.165) is 10.9 Å². The molecule has 0 saturated heterocycles. The molecular weight excluding hydrogens is 423 g/mol. The summed E-state index contributed by atoms with van der Waals surface area (Å²) in [5.74, 6) is 0. The number of hydrogen-bond donors (Lipinski definition) is 0. The van der Waals surface area contributed by atoms with Crippen LogP contribution in [0, 0.1) is 13.8 Å². The highest BCUT2D eigenvalue weighted by Crippen LogP contribution is 2.34. The Bertz CT molecular complexity index is 639. The summed E-state index contributed by atoms with van der Waals surface area (Å²) in [5, 5.41) is 1.20. The Morgan fingerprint density at radius 3 is 2.35 bits per heavy atom. The fraction of sp³-hybridized carbons (Fsp3) is 0.250. The summed E-state index contributed by atoms with van der Waals surface area (Å²) in [5.41, 5.74) is 4.98. The minimum atomic E-state index is 0.256. The molecule has 0 aliphatic carbocycles. The van der Waals surface area contributed by atoms with Gasteiger partial charge in [-0.1, -0.05) is 67.2 Å². The van der Waals surface area contributed by atoms with Crippen molar-refractivity contribution in [1.82, 2.24) is 0 Å². The molecule has 2 aromatic rings. The third kappa shape index (κ3) is 3.79.